The molecule has 4 rings (SSSR count). The van der Waals surface area contributed by atoms with Crippen LogP contribution in [0.2, 0.25) is 0 Å². The third-order valence-electron chi connectivity index (χ3n) is 5.25. The Balaban J connectivity index is 1.89. The van der Waals surface area contributed by atoms with Crippen LogP contribution in [0.15, 0.2) is 41.3 Å². The van der Waals surface area contributed by atoms with Gasteiger partial charge in [0.15, 0.2) is 5.65 Å². The highest BCUT2D eigenvalue weighted by atomic mass is 16.1. The molecule has 2 aromatic heterocycles. The Labute approximate surface area is 157 Å². The first-order chi connectivity index (χ1) is 13.1. The number of nitriles is 1. The summed E-state index contributed by atoms with van der Waals surface area (Å²) in [5.41, 5.74) is 9.85. The minimum atomic E-state index is -0.140. The number of piperidine rings is 1. The molecule has 1 atom stereocenters. The van der Waals surface area contributed by atoms with Crippen LogP contribution < -0.4 is 16.3 Å². The fourth-order valence-electron chi connectivity index (χ4n) is 3.87. The zero-order valence-corrected chi connectivity index (χ0v) is 15.3. The molecule has 1 saturated heterocycles. The molecule has 3 aromatic rings. The molecule has 0 spiro atoms. The lowest BCUT2D eigenvalue weighted by Crippen LogP contribution is -2.43. The Morgan fingerprint density at radius 2 is 2.15 bits per heavy atom. The summed E-state index contributed by atoms with van der Waals surface area (Å²) < 4.78 is 3.28. The monoisotopic (exact) mass is 362 g/mol. The summed E-state index contributed by atoms with van der Waals surface area (Å²) in [4.78, 5) is 19.6. The minimum absolute atomic E-state index is 0.130. The number of nitrogens with zero attached hydrogens (tertiary/aromatic N) is 5. The number of imidazole rings is 1. The first kappa shape index (κ1) is 17.3. The van der Waals surface area contributed by atoms with Gasteiger partial charge in [-0.05, 0) is 30.5 Å². The van der Waals surface area contributed by atoms with E-state index in [0.29, 0.717) is 17.8 Å². The van der Waals surface area contributed by atoms with Crippen LogP contribution in [0.1, 0.15) is 24.0 Å². The second-order valence-corrected chi connectivity index (χ2v) is 7.05. The average Bonchev–Trinajstić information content (AvgIpc) is 2.93. The van der Waals surface area contributed by atoms with Crippen LogP contribution in [-0.2, 0) is 13.6 Å². The van der Waals surface area contributed by atoms with E-state index in [1.54, 1.807) is 28.4 Å². The number of fused-ring (bicyclic) bond motifs is 1. The molecule has 27 heavy (non-hydrogen) atoms. The number of anilines is 1. The van der Waals surface area contributed by atoms with Crippen molar-refractivity contribution in [3.05, 3.63) is 58.1 Å². The van der Waals surface area contributed by atoms with E-state index in [1.165, 1.54) is 0 Å². The maximum Gasteiger partial charge on any atom is 0.330 e. The summed E-state index contributed by atoms with van der Waals surface area (Å²) in [6.07, 6.45) is 3.78. The van der Waals surface area contributed by atoms with Crippen LogP contribution in [0.5, 0.6) is 0 Å². The predicted octanol–water partition coefficient (Wildman–Crippen LogP) is 1.58. The number of benzene rings is 1. The van der Waals surface area contributed by atoms with E-state index >= 15 is 0 Å². The van der Waals surface area contributed by atoms with Crippen LogP contribution in [0.4, 0.5) is 5.69 Å². The van der Waals surface area contributed by atoms with Crippen LogP contribution in [0.3, 0.4) is 0 Å². The molecule has 7 heteroatoms. The standard InChI is InChI=1S/C20H22N6O/c1-24-19-18(17(8-9-23-19)25-10-4-7-16(22)13-25)26(20(24)27)12-15-6-3-2-5-14(15)11-21/h2-3,5-6,8-9,16H,4,7,10,12-13,22H2,1H3/t16-/m1/s1. The molecule has 2 N–H and O–H groups in total. The second kappa shape index (κ2) is 6.89. The third-order valence-corrected chi connectivity index (χ3v) is 5.25. The van der Waals surface area contributed by atoms with E-state index in [4.69, 9.17) is 5.73 Å². The number of rotatable bonds is 3. The normalized spacial score (nSPS) is 17.2. The fraction of sp³-hybridized carbons (Fsp3) is 0.350. The molecule has 0 radical (unpaired) electrons. The average molecular weight is 362 g/mol. The summed E-state index contributed by atoms with van der Waals surface area (Å²) in [6.45, 7) is 2.00. The van der Waals surface area contributed by atoms with Gasteiger partial charge in [-0.2, -0.15) is 5.26 Å². The van der Waals surface area contributed by atoms with Gasteiger partial charge in [0.1, 0.15) is 5.52 Å². The first-order valence-corrected chi connectivity index (χ1v) is 9.13. The van der Waals surface area contributed by atoms with Crippen molar-refractivity contribution in [1.82, 2.24) is 14.1 Å². The number of hydrogen-bond acceptors (Lipinski definition) is 5. The van der Waals surface area contributed by atoms with Crippen molar-refractivity contribution in [1.29, 1.82) is 5.26 Å². The largest absolute Gasteiger partial charge is 0.368 e. The molecule has 0 bridgehead atoms. The van der Waals surface area contributed by atoms with Gasteiger partial charge in [-0.1, -0.05) is 18.2 Å². The van der Waals surface area contributed by atoms with Crippen LogP contribution >= 0.6 is 0 Å². The molecule has 1 aliphatic heterocycles. The van der Waals surface area contributed by atoms with Crippen molar-refractivity contribution in [2.45, 2.75) is 25.4 Å². The Bertz CT molecular complexity index is 1090. The Morgan fingerprint density at radius 3 is 2.93 bits per heavy atom. The van der Waals surface area contributed by atoms with E-state index in [1.807, 2.05) is 24.3 Å². The van der Waals surface area contributed by atoms with Crippen LogP contribution in [-0.4, -0.2) is 33.2 Å². The molecular weight excluding hydrogens is 340 g/mol. The maximum atomic E-state index is 13.0. The van der Waals surface area contributed by atoms with Gasteiger partial charge in [0, 0.05) is 32.4 Å². The van der Waals surface area contributed by atoms with Gasteiger partial charge in [0.05, 0.1) is 23.9 Å². The molecule has 138 valence electrons. The molecule has 0 aliphatic carbocycles. The summed E-state index contributed by atoms with van der Waals surface area (Å²) in [7, 11) is 1.73. The molecule has 1 aliphatic rings. The first-order valence-electron chi connectivity index (χ1n) is 9.13. The lowest BCUT2D eigenvalue weighted by atomic mass is 10.1. The van der Waals surface area contributed by atoms with Crippen LogP contribution in [0.25, 0.3) is 11.2 Å². The van der Waals surface area contributed by atoms with Gasteiger partial charge < -0.3 is 10.6 Å². The number of nitrogens with two attached hydrogens (primary N) is 1. The fourth-order valence-corrected chi connectivity index (χ4v) is 3.87. The topological polar surface area (TPSA) is 92.9 Å². The predicted molar refractivity (Wildman–Crippen MR) is 105 cm³/mol. The van der Waals surface area contributed by atoms with Gasteiger partial charge in [-0.15, -0.1) is 0 Å². The lowest BCUT2D eigenvalue weighted by molar-refractivity contribution is 0.506. The van der Waals surface area contributed by atoms with Crippen molar-refractivity contribution in [3.8, 4) is 6.07 Å². The van der Waals surface area contributed by atoms with E-state index in [0.717, 1.165) is 42.7 Å². The number of pyridine rings is 1. The van der Waals surface area contributed by atoms with E-state index in [2.05, 4.69) is 16.0 Å². The highest BCUT2D eigenvalue weighted by molar-refractivity contribution is 5.87. The van der Waals surface area contributed by atoms with Gasteiger partial charge >= 0.3 is 5.69 Å². The maximum absolute atomic E-state index is 13.0. The Kier molecular flexibility index (Phi) is 4.42. The molecule has 1 fully saturated rings. The zero-order chi connectivity index (χ0) is 19.0. The van der Waals surface area contributed by atoms with Crippen molar-refractivity contribution in [2.24, 2.45) is 12.8 Å². The number of aryl methyl sites for hydroxylation is 1. The number of hydrogen-bond donors (Lipinski definition) is 1. The van der Waals surface area contributed by atoms with Crippen molar-refractivity contribution >= 4 is 16.9 Å². The smallest absolute Gasteiger partial charge is 0.330 e. The minimum Gasteiger partial charge on any atom is -0.368 e. The lowest BCUT2D eigenvalue weighted by Gasteiger charge is -2.33. The SMILES string of the molecule is Cn1c(=O)n(Cc2ccccc2C#N)c2c(N3CCC[C@@H](N)C3)ccnc21. The molecule has 7 nitrogen and oxygen atoms in total. The van der Waals surface area contributed by atoms with Gasteiger partial charge in [0.25, 0.3) is 0 Å². The zero-order valence-electron chi connectivity index (χ0n) is 15.3. The number of aromatic nitrogens is 3. The van der Waals surface area contributed by atoms with Gasteiger partial charge in [0.2, 0.25) is 0 Å². The molecule has 0 unspecified atom stereocenters. The van der Waals surface area contributed by atoms with E-state index in [-0.39, 0.29) is 11.7 Å². The van der Waals surface area contributed by atoms with Crippen molar-refractivity contribution in [2.75, 3.05) is 18.0 Å². The highest BCUT2D eigenvalue weighted by Crippen LogP contribution is 2.27. The van der Waals surface area contributed by atoms with Gasteiger partial charge in [-0.25, -0.2) is 9.78 Å². The van der Waals surface area contributed by atoms with E-state index < -0.39 is 0 Å². The molecule has 0 amide bonds. The summed E-state index contributed by atoms with van der Waals surface area (Å²) in [5, 5.41) is 9.39. The summed E-state index contributed by atoms with van der Waals surface area (Å²) in [5.74, 6) is 0. The van der Waals surface area contributed by atoms with Crippen LogP contribution in [0, 0.1) is 11.3 Å². The molecule has 0 saturated carbocycles. The Morgan fingerprint density at radius 1 is 1.33 bits per heavy atom. The van der Waals surface area contributed by atoms with Gasteiger partial charge in [-0.3, -0.25) is 9.13 Å². The molecular formula is C20H22N6O. The molecule has 3 heterocycles. The molecule has 1 aromatic carbocycles. The highest BCUT2D eigenvalue weighted by Gasteiger charge is 2.23. The van der Waals surface area contributed by atoms with E-state index in [9.17, 15) is 10.1 Å². The Hall–Kier alpha value is -3.11. The summed E-state index contributed by atoms with van der Waals surface area (Å²) >= 11 is 0. The third kappa shape index (κ3) is 2.98. The van der Waals surface area contributed by atoms with Crippen molar-refractivity contribution < 1.29 is 0 Å². The van der Waals surface area contributed by atoms with Crippen molar-refractivity contribution in [3.63, 3.8) is 0 Å². The quantitative estimate of drug-likeness (QED) is 0.764. The summed E-state index contributed by atoms with van der Waals surface area (Å²) in [6, 6.07) is 11.7. The second-order valence-electron chi connectivity index (χ2n) is 7.05.